The first-order valence-electron chi connectivity index (χ1n) is 6.59. The van der Waals surface area contributed by atoms with Gasteiger partial charge >= 0.3 is 0 Å². The van der Waals surface area contributed by atoms with Gasteiger partial charge in [-0.25, -0.2) is 0 Å². The van der Waals surface area contributed by atoms with E-state index in [1.807, 2.05) is 36.4 Å². The molecule has 0 atom stereocenters. The zero-order valence-electron chi connectivity index (χ0n) is 12.3. The Morgan fingerprint density at radius 2 is 1.73 bits per heavy atom. The number of amides is 1. The molecule has 0 aliphatic heterocycles. The van der Waals surface area contributed by atoms with E-state index in [9.17, 15) is 4.79 Å². The molecule has 0 saturated carbocycles. The minimum Gasteiger partial charge on any atom is -0.497 e. The molecule has 0 radical (unpaired) electrons. The standard InChI is InChI=1S/C17H16BrNO3/c1-21-13-9-12(10-14(11-13)22-2)7-8-17(20)19-16-6-4-3-5-15(16)18/h3-11H,1-2H3,(H,19,20)/b8-7+. The van der Waals surface area contributed by atoms with Crippen LogP contribution in [-0.2, 0) is 4.79 Å². The highest BCUT2D eigenvalue weighted by Gasteiger charge is 2.03. The van der Waals surface area contributed by atoms with Gasteiger partial charge in [-0.15, -0.1) is 0 Å². The summed E-state index contributed by atoms with van der Waals surface area (Å²) in [6, 6.07) is 12.9. The topological polar surface area (TPSA) is 47.6 Å². The Kier molecular flexibility index (Phi) is 5.61. The van der Waals surface area contributed by atoms with Gasteiger partial charge in [0.25, 0.3) is 0 Å². The molecule has 0 heterocycles. The normalized spacial score (nSPS) is 10.5. The quantitative estimate of drug-likeness (QED) is 0.814. The maximum absolute atomic E-state index is 12.0. The monoisotopic (exact) mass is 361 g/mol. The lowest BCUT2D eigenvalue weighted by Crippen LogP contribution is -2.08. The van der Waals surface area contributed by atoms with Gasteiger partial charge in [-0.05, 0) is 51.8 Å². The van der Waals surface area contributed by atoms with E-state index in [1.54, 1.807) is 26.4 Å². The van der Waals surface area contributed by atoms with Crippen LogP contribution in [0.25, 0.3) is 6.08 Å². The molecule has 0 spiro atoms. The molecule has 0 aliphatic carbocycles. The van der Waals surface area contributed by atoms with Crippen LogP contribution in [-0.4, -0.2) is 20.1 Å². The lowest BCUT2D eigenvalue weighted by Gasteiger charge is -2.06. The molecule has 22 heavy (non-hydrogen) atoms. The third-order valence-corrected chi connectivity index (χ3v) is 3.62. The Balaban J connectivity index is 2.11. The largest absolute Gasteiger partial charge is 0.497 e. The van der Waals surface area contributed by atoms with Gasteiger partial charge < -0.3 is 14.8 Å². The first-order chi connectivity index (χ1) is 10.6. The number of ether oxygens (including phenoxy) is 2. The predicted octanol–water partition coefficient (Wildman–Crippen LogP) is 4.12. The second-order valence-corrected chi connectivity index (χ2v) is 5.30. The number of hydrogen-bond donors (Lipinski definition) is 1. The van der Waals surface area contributed by atoms with Gasteiger partial charge in [0.1, 0.15) is 11.5 Å². The molecule has 0 saturated heterocycles. The SMILES string of the molecule is COc1cc(/C=C/C(=O)Nc2ccccc2Br)cc(OC)c1. The third kappa shape index (κ3) is 4.36. The lowest BCUT2D eigenvalue weighted by atomic mass is 10.2. The van der Waals surface area contributed by atoms with Crippen LogP contribution in [0.4, 0.5) is 5.69 Å². The fourth-order valence-corrected chi connectivity index (χ4v) is 2.22. The Morgan fingerprint density at radius 1 is 1.09 bits per heavy atom. The summed E-state index contributed by atoms with van der Waals surface area (Å²) >= 11 is 3.39. The summed E-state index contributed by atoms with van der Waals surface area (Å²) in [6.07, 6.45) is 3.17. The second-order valence-electron chi connectivity index (χ2n) is 4.45. The highest BCUT2D eigenvalue weighted by Crippen LogP contribution is 2.24. The van der Waals surface area contributed by atoms with Crippen LogP contribution in [0.15, 0.2) is 53.0 Å². The molecular weight excluding hydrogens is 346 g/mol. The Labute approximate surface area is 137 Å². The van der Waals surface area contributed by atoms with Crippen molar-refractivity contribution in [1.82, 2.24) is 0 Å². The molecule has 5 heteroatoms. The van der Waals surface area contributed by atoms with E-state index in [4.69, 9.17) is 9.47 Å². The lowest BCUT2D eigenvalue weighted by molar-refractivity contribution is -0.111. The van der Waals surface area contributed by atoms with Gasteiger partial charge in [0, 0.05) is 16.6 Å². The van der Waals surface area contributed by atoms with Gasteiger partial charge in [0.15, 0.2) is 0 Å². The fourth-order valence-electron chi connectivity index (χ4n) is 1.83. The number of carbonyl (C=O) groups excluding carboxylic acids is 1. The summed E-state index contributed by atoms with van der Waals surface area (Å²) in [5.74, 6) is 1.13. The molecule has 0 aliphatic rings. The zero-order valence-corrected chi connectivity index (χ0v) is 13.9. The molecule has 0 fully saturated rings. The molecule has 2 aromatic rings. The first kappa shape index (κ1) is 16.1. The minimum atomic E-state index is -0.214. The number of para-hydroxylation sites is 1. The number of methoxy groups -OCH3 is 2. The smallest absolute Gasteiger partial charge is 0.248 e. The van der Waals surface area contributed by atoms with Crippen molar-refractivity contribution in [3.05, 3.63) is 58.6 Å². The average Bonchev–Trinajstić information content (AvgIpc) is 2.54. The molecule has 2 aromatic carbocycles. The van der Waals surface area contributed by atoms with Crippen LogP contribution < -0.4 is 14.8 Å². The van der Waals surface area contributed by atoms with E-state index >= 15 is 0 Å². The van der Waals surface area contributed by atoms with Gasteiger partial charge in [-0.1, -0.05) is 12.1 Å². The predicted molar refractivity (Wildman–Crippen MR) is 91.4 cm³/mol. The third-order valence-electron chi connectivity index (χ3n) is 2.93. The van der Waals surface area contributed by atoms with Crippen molar-refractivity contribution in [2.75, 3.05) is 19.5 Å². The molecule has 0 unspecified atom stereocenters. The van der Waals surface area contributed by atoms with Crippen molar-refractivity contribution < 1.29 is 14.3 Å². The summed E-state index contributed by atoms with van der Waals surface area (Å²) in [5, 5.41) is 2.80. The molecule has 0 bridgehead atoms. The molecule has 1 amide bonds. The highest BCUT2D eigenvalue weighted by atomic mass is 79.9. The van der Waals surface area contributed by atoms with Crippen molar-refractivity contribution in [1.29, 1.82) is 0 Å². The van der Waals surface area contributed by atoms with Crippen molar-refractivity contribution >= 4 is 33.6 Å². The molecule has 0 aromatic heterocycles. The first-order valence-corrected chi connectivity index (χ1v) is 7.38. The highest BCUT2D eigenvalue weighted by molar-refractivity contribution is 9.10. The van der Waals surface area contributed by atoms with Crippen LogP contribution >= 0.6 is 15.9 Å². The minimum absolute atomic E-state index is 0.214. The van der Waals surface area contributed by atoms with Crippen LogP contribution in [0.5, 0.6) is 11.5 Å². The number of benzene rings is 2. The van der Waals surface area contributed by atoms with Gasteiger partial charge in [0.2, 0.25) is 5.91 Å². The Morgan fingerprint density at radius 3 is 2.32 bits per heavy atom. The van der Waals surface area contributed by atoms with Crippen molar-refractivity contribution in [3.63, 3.8) is 0 Å². The molecule has 1 N–H and O–H groups in total. The van der Waals surface area contributed by atoms with E-state index in [-0.39, 0.29) is 5.91 Å². The van der Waals surface area contributed by atoms with Crippen molar-refractivity contribution in [2.24, 2.45) is 0 Å². The van der Waals surface area contributed by atoms with Gasteiger partial charge in [-0.2, -0.15) is 0 Å². The van der Waals surface area contributed by atoms with E-state index in [0.29, 0.717) is 11.5 Å². The fraction of sp³-hybridized carbons (Fsp3) is 0.118. The zero-order chi connectivity index (χ0) is 15.9. The van der Waals surface area contributed by atoms with Crippen LogP contribution in [0, 0.1) is 0 Å². The van der Waals surface area contributed by atoms with Crippen LogP contribution in [0.3, 0.4) is 0 Å². The number of nitrogens with one attached hydrogen (secondary N) is 1. The maximum Gasteiger partial charge on any atom is 0.248 e. The molecule has 2 rings (SSSR count). The number of anilines is 1. The van der Waals surface area contributed by atoms with E-state index in [0.717, 1.165) is 15.7 Å². The van der Waals surface area contributed by atoms with Crippen molar-refractivity contribution in [3.8, 4) is 11.5 Å². The van der Waals surface area contributed by atoms with E-state index in [2.05, 4.69) is 21.2 Å². The summed E-state index contributed by atoms with van der Waals surface area (Å²) in [5.41, 5.74) is 1.54. The van der Waals surface area contributed by atoms with Gasteiger partial charge in [0.05, 0.1) is 19.9 Å². The summed E-state index contributed by atoms with van der Waals surface area (Å²) < 4.78 is 11.2. The summed E-state index contributed by atoms with van der Waals surface area (Å²) in [7, 11) is 3.17. The molecule has 4 nitrogen and oxygen atoms in total. The summed E-state index contributed by atoms with van der Waals surface area (Å²) in [6.45, 7) is 0. The molecule has 114 valence electrons. The number of hydrogen-bond acceptors (Lipinski definition) is 3. The average molecular weight is 362 g/mol. The number of halogens is 1. The van der Waals surface area contributed by atoms with Crippen molar-refractivity contribution in [2.45, 2.75) is 0 Å². The Hall–Kier alpha value is -2.27. The van der Waals surface area contributed by atoms with E-state index < -0.39 is 0 Å². The van der Waals surface area contributed by atoms with Gasteiger partial charge in [-0.3, -0.25) is 4.79 Å². The number of carbonyl (C=O) groups is 1. The van der Waals surface area contributed by atoms with Crippen LogP contribution in [0.2, 0.25) is 0 Å². The second kappa shape index (κ2) is 7.66. The molecular formula is C17H16BrNO3. The van der Waals surface area contributed by atoms with Crippen LogP contribution in [0.1, 0.15) is 5.56 Å². The summed E-state index contributed by atoms with van der Waals surface area (Å²) in [4.78, 5) is 12.0. The maximum atomic E-state index is 12.0. The van der Waals surface area contributed by atoms with E-state index in [1.165, 1.54) is 6.08 Å². The Bertz CT molecular complexity index is 676. The number of rotatable bonds is 5.